The second-order valence-electron chi connectivity index (χ2n) is 24.3. The van der Waals surface area contributed by atoms with Gasteiger partial charge in [-0.05, 0) is 71.7 Å². The standard InChI is InChI=1S/C34H66N4O6S2.C22H50N4O4/c1-33(2,3)15-23-43-31(41)11-7-9-25-45-27-13-29(39)37-21-19-35-17-18-36-20-22-38-30(40)14-28-46-26-10-8-12-32(42)44-24-16-34(4,5)6;1-21(2,3)17-29-15-19(27)13-25-11-9-23-7-8-24-10-12-26-14-20(28)16-30-18-22(4,5)6/h35-36H,7-28H2,1-6H3,(H,37,39)(H,38,40);19-20,23-28H,7-18H2,1-6H3. The molecule has 0 saturated heterocycles. The molecule has 0 heterocycles. The number of hydrogen-bond acceptors (Lipinski definition) is 18. The maximum atomic E-state index is 12.0. The van der Waals surface area contributed by atoms with E-state index in [1.165, 1.54) is 0 Å². The van der Waals surface area contributed by atoms with E-state index in [9.17, 15) is 29.4 Å². The van der Waals surface area contributed by atoms with Crippen molar-refractivity contribution in [1.82, 2.24) is 42.5 Å². The predicted octanol–water partition coefficient (Wildman–Crippen LogP) is 5.14. The molecule has 20 heteroatoms. The summed E-state index contributed by atoms with van der Waals surface area (Å²) in [5, 5.41) is 45.3. The molecular formula is C56H116N8O10S2. The fraction of sp³-hybridized carbons (Fsp3) is 0.929. The van der Waals surface area contributed by atoms with E-state index in [0.717, 1.165) is 114 Å². The summed E-state index contributed by atoms with van der Waals surface area (Å²) < 4.78 is 21.6. The fourth-order valence-electron chi connectivity index (χ4n) is 6.19. The van der Waals surface area contributed by atoms with Gasteiger partial charge in [-0.15, -0.1) is 0 Å². The molecule has 0 aromatic carbocycles. The van der Waals surface area contributed by atoms with Gasteiger partial charge in [-0.3, -0.25) is 19.2 Å². The highest BCUT2D eigenvalue weighted by Gasteiger charge is 2.15. The number of carbonyl (C=O) groups is 4. The zero-order valence-corrected chi connectivity index (χ0v) is 51.8. The number of rotatable bonds is 48. The second kappa shape index (κ2) is 49.0. The van der Waals surface area contributed by atoms with Crippen LogP contribution in [0.3, 0.4) is 0 Å². The number of amides is 2. The van der Waals surface area contributed by atoms with Crippen molar-refractivity contribution in [3.63, 3.8) is 0 Å². The first-order chi connectivity index (χ1) is 35.8. The van der Waals surface area contributed by atoms with Crippen LogP contribution in [-0.4, -0.2) is 200 Å². The minimum absolute atomic E-state index is 0.0630. The van der Waals surface area contributed by atoms with Gasteiger partial charge in [0, 0.05) is 129 Å². The Balaban J connectivity index is 0. The van der Waals surface area contributed by atoms with Gasteiger partial charge in [0.15, 0.2) is 0 Å². The van der Waals surface area contributed by atoms with Crippen LogP contribution in [0.5, 0.6) is 0 Å². The highest BCUT2D eigenvalue weighted by molar-refractivity contribution is 7.99. The van der Waals surface area contributed by atoms with Crippen molar-refractivity contribution in [1.29, 1.82) is 0 Å². The molecular weight excluding hydrogens is 1010 g/mol. The lowest BCUT2D eigenvalue weighted by Gasteiger charge is -2.20. The van der Waals surface area contributed by atoms with Gasteiger partial charge in [-0.2, -0.15) is 23.5 Å². The van der Waals surface area contributed by atoms with Crippen LogP contribution in [0, 0.1) is 21.7 Å². The van der Waals surface area contributed by atoms with Crippen molar-refractivity contribution >= 4 is 47.3 Å². The number of unbranched alkanes of at least 4 members (excludes halogenated alkanes) is 2. The molecule has 76 heavy (non-hydrogen) atoms. The summed E-state index contributed by atoms with van der Waals surface area (Å²) in [6, 6.07) is 0. The van der Waals surface area contributed by atoms with Gasteiger partial charge < -0.3 is 71.7 Å². The van der Waals surface area contributed by atoms with Gasteiger partial charge >= 0.3 is 11.9 Å². The number of esters is 2. The largest absolute Gasteiger partial charge is 0.466 e. The first kappa shape index (κ1) is 76.2. The molecule has 18 nitrogen and oxygen atoms in total. The number of aliphatic hydroxyl groups is 2. The third-order valence-corrected chi connectivity index (χ3v) is 12.8. The van der Waals surface area contributed by atoms with Gasteiger partial charge in [0.25, 0.3) is 0 Å². The van der Waals surface area contributed by atoms with Gasteiger partial charge in [0.05, 0.1) is 51.8 Å². The Morgan fingerprint density at radius 1 is 0.408 bits per heavy atom. The molecule has 0 aromatic rings. The average Bonchev–Trinajstić information content (AvgIpc) is 3.30. The molecule has 2 amide bonds. The zero-order chi connectivity index (χ0) is 57.4. The maximum absolute atomic E-state index is 12.0. The number of hydrogen-bond donors (Lipinski definition) is 10. The van der Waals surface area contributed by atoms with Gasteiger partial charge in [0.2, 0.25) is 11.8 Å². The van der Waals surface area contributed by atoms with Crippen LogP contribution in [-0.2, 0) is 38.1 Å². The van der Waals surface area contributed by atoms with Crippen LogP contribution in [0.4, 0.5) is 0 Å². The van der Waals surface area contributed by atoms with E-state index in [1.54, 1.807) is 23.5 Å². The molecule has 0 fully saturated rings. The Hall–Kier alpha value is -1.82. The molecule has 2 unspecified atom stereocenters. The van der Waals surface area contributed by atoms with Crippen LogP contribution in [0.15, 0.2) is 0 Å². The molecule has 0 aliphatic rings. The molecule has 0 saturated carbocycles. The molecule has 0 aliphatic heterocycles. The lowest BCUT2D eigenvalue weighted by molar-refractivity contribution is -0.145. The fourth-order valence-corrected chi connectivity index (χ4v) is 8.07. The second-order valence-corrected chi connectivity index (χ2v) is 26.7. The van der Waals surface area contributed by atoms with Gasteiger partial charge in [0.1, 0.15) is 0 Å². The molecule has 0 spiro atoms. The third-order valence-electron chi connectivity index (χ3n) is 10.6. The van der Waals surface area contributed by atoms with Crippen molar-refractivity contribution < 1.29 is 48.3 Å². The van der Waals surface area contributed by atoms with Crippen molar-refractivity contribution in [2.24, 2.45) is 21.7 Å². The third kappa shape index (κ3) is 66.5. The first-order valence-electron chi connectivity index (χ1n) is 28.5. The lowest BCUT2D eigenvalue weighted by atomic mass is 9.93. The number of ether oxygens (including phenoxy) is 4. The summed E-state index contributed by atoms with van der Waals surface area (Å²) in [5.41, 5.74) is 0.609. The van der Waals surface area contributed by atoms with Crippen LogP contribution in [0.25, 0.3) is 0 Å². The Bertz CT molecular complexity index is 1300. The van der Waals surface area contributed by atoms with Crippen molar-refractivity contribution in [2.45, 2.75) is 160 Å². The topological polar surface area (TPSA) is 242 Å². The summed E-state index contributed by atoms with van der Waals surface area (Å²) in [4.78, 5) is 47.4. The molecule has 0 radical (unpaired) electrons. The molecule has 0 bridgehead atoms. The van der Waals surface area contributed by atoms with E-state index in [-0.39, 0.29) is 45.4 Å². The summed E-state index contributed by atoms with van der Waals surface area (Å²) in [6.07, 6.45) is 6.29. The predicted molar refractivity (Wildman–Crippen MR) is 317 cm³/mol. The smallest absolute Gasteiger partial charge is 0.305 e. The van der Waals surface area contributed by atoms with E-state index < -0.39 is 12.2 Å². The summed E-state index contributed by atoms with van der Waals surface area (Å²) >= 11 is 3.49. The van der Waals surface area contributed by atoms with E-state index in [2.05, 4.69) is 126 Å². The zero-order valence-electron chi connectivity index (χ0n) is 50.2. The van der Waals surface area contributed by atoms with E-state index in [1.807, 2.05) is 0 Å². The molecule has 2 atom stereocenters. The van der Waals surface area contributed by atoms with E-state index in [4.69, 9.17) is 18.9 Å². The minimum Gasteiger partial charge on any atom is -0.466 e. The molecule has 0 aliphatic carbocycles. The van der Waals surface area contributed by atoms with Crippen molar-refractivity contribution in [3.05, 3.63) is 0 Å². The quantitative estimate of drug-likeness (QED) is 0.0280. The van der Waals surface area contributed by atoms with Crippen LogP contribution in [0.1, 0.15) is 147 Å². The number of aliphatic hydroxyl groups excluding tert-OH is 2. The van der Waals surface area contributed by atoms with Crippen LogP contribution >= 0.6 is 23.5 Å². The maximum Gasteiger partial charge on any atom is 0.305 e. The van der Waals surface area contributed by atoms with Crippen LogP contribution < -0.4 is 42.5 Å². The van der Waals surface area contributed by atoms with Crippen molar-refractivity contribution in [3.8, 4) is 0 Å². The first-order valence-corrected chi connectivity index (χ1v) is 30.8. The summed E-state index contributed by atoms with van der Waals surface area (Å²) in [5.74, 6) is 3.35. The molecule has 0 rings (SSSR count). The molecule has 0 aromatic heterocycles. The Kier molecular flexibility index (Phi) is 49.2. The summed E-state index contributed by atoms with van der Waals surface area (Å²) in [6.45, 7) is 38.9. The minimum atomic E-state index is -0.468. The number of nitrogens with one attached hydrogen (secondary N) is 8. The SMILES string of the molecule is CC(C)(C)CCOC(=O)CCCCSCCC(=O)NCCNCCNCCNC(=O)CCSCCCCC(=O)OCCC(C)(C)C.CC(C)(C)COCC(O)CNCCNCCNCCNCC(O)COCC(C)(C)C. The summed E-state index contributed by atoms with van der Waals surface area (Å²) in [7, 11) is 0. The monoisotopic (exact) mass is 1120 g/mol. The highest BCUT2D eigenvalue weighted by atomic mass is 32.2. The Labute approximate surface area is 471 Å². The van der Waals surface area contributed by atoms with Crippen LogP contribution in [0.2, 0.25) is 0 Å². The number of carbonyl (C=O) groups excluding carboxylic acids is 4. The van der Waals surface area contributed by atoms with Crippen molar-refractivity contribution in [2.75, 3.05) is 154 Å². The van der Waals surface area contributed by atoms with Gasteiger partial charge in [-0.1, -0.05) is 83.1 Å². The Morgan fingerprint density at radius 3 is 1.04 bits per heavy atom. The van der Waals surface area contributed by atoms with E-state index in [0.29, 0.717) is 105 Å². The molecule has 452 valence electrons. The number of thioether (sulfide) groups is 2. The van der Waals surface area contributed by atoms with Gasteiger partial charge in [-0.25, -0.2) is 0 Å². The Morgan fingerprint density at radius 2 is 0.724 bits per heavy atom. The average molecular weight is 1130 g/mol. The highest BCUT2D eigenvalue weighted by Crippen LogP contribution is 2.19. The van der Waals surface area contributed by atoms with E-state index >= 15 is 0 Å². The lowest BCUT2D eigenvalue weighted by Crippen LogP contribution is -2.38. The normalized spacial score (nSPS) is 12.9. The molecule has 10 N–H and O–H groups in total.